The van der Waals surface area contributed by atoms with Crippen LogP contribution in [-0.2, 0) is 0 Å². The average molecular weight is 363 g/mol. The van der Waals surface area contributed by atoms with Gasteiger partial charge >= 0.3 is 0 Å². The zero-order valence-corrected chi connectivity index (χ0v) is 16.4. The van der Waals surface area contributed by atoms with Crippen molar-refractivity contribution in [2.45, 2.75) is 0 Å². The molecule has 5 heteroatoms. The van der Waals surface area contributed by atoms with Crippen molar-refractivity contribution in [1.29, 1.82) is 0 Å². The number of para-hydroxylation sites is 1. The molecule has 0 saturated carbocycles. The van der Waals surface area contributed by atoms with Gasteiger partial charge in [0.15, 0.2) is 0 Å². The van der Waals surface area contributed by atoms with Crippen molar-refractivity contribution in [2.24, 2.45) is 10.2 Å². The number of hydrogen-bond acceptors (Lipinski definition) is 4. The van der Waals surface area contributed by atoms with E-state index in [1.165, 1.54) is 0 Å². The topological polar surface area (TPSA) is 48.2 Å². The van der Waals surface area contributed by atoms with E-state index in [2.05, 4.69) is 43.3 Å². The van der Waals surface area contributed by atoms with Crippen LogP contribution in [0, 0.1) is 0 Å². The van der Waals surface area contributed by atoms with Crippen LogP contribution in [0.2, 0.25) is 0 Å². The number of likely N-dealkylation sites (N-methyl/N-ethyl adjacent to an activating group) is 2. The second-order valence-electron chi connectivity index (χ2n) is 7.78. The van der Waals surface area contributed by atoms with E-state index < -0.39 is 0 Å². The number of phenols is 1. The normalized spacial score (nSPS) is 12.0. The van der Waals surface area contributed by atoms with Crippen molar-refractivity contribution in [3.63, 3.8) is 0 Å². The second-order valence-corrected chi connectivity index (χ2v) is 7.78. The van der Waals surface area contributed by atoms with E-state index in [1.807, 2.05) is 54.6 Å². The van der Waals surface area contributed by atoms with E-state index in [9.17, 15) is 5.11 Å². The van der Waals surface area contributed by atoms with Gasteiger partial charge in [0.25, 0.3) is 0 Å². The average Bonchev–Trinajstić information content (AvgIpc) is 2.65. The first-order chi connectivity index (χ1) is 12.8. The van der Waals surface area contributed by atoms with E-state index in [0.29, 0.717) is 5.69 Å². The first kappa shape index (κ1) is 18.9. The Labute approximate surface area is 160 Å². The Morgan fingerprint density at radius 1 is 0.889 bits per heavy atom. The Kier molecular flexibility index (Phi) is 5.42. The number of nitrogens with zero attached hydrogens (tertiary/aromatic N) is 4. The van der Waals surface area contributed by atoms with Crippen molar-refractivity contribution in [2.75, 3.05) is 46.2 Å². The fourth-order valence-electron chi connectivity index (χ4n) is 2.89. The SMILES string of the molecule is CN(CC[N+](C)(C)C)c1ccccc1N=Nc1c(O)ccc2ccccc12. The molecule has 0 fully saturated rings. The van der Waals surface area contributed by atoms with E-state index in [1.54, 1.807) is 6.07 Å². The number of hydrogen-bond donors (Lipinski definition) is 1. The number of rotatable bonds is 6. The Morgan fingerprint density at radius 3 is 2.37 bits per heavy atom. The summed E-state index contributed by atoms with van der Waals surface area (Å²) in [5.41, 5.74) is 2.31. The van der Waals surface area contributed by atoms with Crippen LogP contribution in [0.5, 0.6) is 5.75 Å². The van der Waals surface area contributed by atoms with Crippen LogP contribution < -0.4 is 4.90 Å². The molecule has 0 atom stereocenters. The van der Waals surface area contributed by atoms with Crippen molar-refractivity contribution in [3.8, 4) is 5.75 Å². The van der Waals surface area contributed by atoms with Crippen LogP contribution in [0.1, 0.15) is 0 Å². The van der Waals surface area contributed by atoms with Gasteiger partial charge in [0, 0.05) is 12.4 Å². The summed E-state index contributed by atoms with van der Waals surface area (Å²) in [6, 6.07) is 19.4. The number of benzene rings is 3. The molecule has 3 aromatic rings. The summed E-state index contributed by atoms with van der Waals surface area (Å²) >= 11 is 0. The lowest BCUT2D eigenvalue weighted by molar-refractivity contribution is -0.868. The highest BCUT2D eigenvalue weighted by atomic mass is 16.3. The molecular formula is C22H27N4O+. The molecule has 27 heavy (non-hydrogen) atoms. The Morgan fingerprint density at radius 2 is 1.59 bits per heavy atom. The maximum Gasteiger partial charge on any atom is 0.143 e. The quantitative estimate of drug-likeness (QED) is 0.489. The lowest BCUT2D eigenvalue weighted by atomic mass is 10.1. The van der Waals surface area contributed by atoms with Crippen LogP contribution in [0.15, 0.2) is 70.9 Å². The van der Waals surface area contributed by atoms with Gasteiger partial charge in [0.2, 0.25) is 0 Å². The standard InChI is InChI=1S/C22H26N4O/c1-25(15-16-26(2,3)4)20-12-8-7-11-19(20)23-24-22-18-10-6-5-9-17(18)13-14-21(22)27/h5-14H,15-16H2,1-4H3/p+1. The molecule has 0 aliphatic heterocycles. The second kappa shape index (κ2) is 7.76. The molecule has 0 radical (unpaired) electrons. The molecule has 0 aliphatic rings. The highest BCUT2D eigenvalue weighted by Crippen LogP contribution is 2.37. The third kappa shape index (κ3) is 4.63. The van der Waals surface area contributed by atoms with Crippen LogP contribution >= 0.6 is 0 Å². The van der Waals surface area contributed by atoms with Crippen LogP contribution in [0.4, 0.5) is 17.1 Å². The van der Waals surface area contributed by atoms with Crippen molar-refractivity contribution in [1.82, 2.24) is 0 Å². The summed E-state index contributed by atoms with van der Waals surface area (Å²) in [6.45, 7) is 1.93. The van der Waals surface area contributed by atoms with Crippen LogP contribution in [0.3, 0.4) is 0 Å². The number of phenolic OH excluding ortho intramolecular Hbond substituents is 1. The number of quaternary nitrogens is 1. The molecule has 0 bridgehead atoms. The molecule has 140 valence electrons. The van der Waals surface area contributed by atoms with Gasteiger partial charge in [-0.05, 0) is 23.6 Å². The van der Waals surface area contributed by atoms with E-state index in [-0.39, 0.29) is 5.75 Å². The van der Waals surface area contributed by atoms with Gasteiger partial charge in [-0.1, -0.05) is 42.5 Å². The number of anilines is 1. The molecular weight excluding hydrogens is 336 g/mol. The molecule has 0 unspecified atom stereocenters. The third-order valence-electron chi connectivity index (χ3n) is 4.54. The zero-order valence-electron chi connectivity index (χ0n) is 16.4. The zero-order chi connectivity index (χ0) is 19.4. The summed E-state index contributed by atoms with van der Waals surface area (Å²) in [6.07, 6.45) is 0. The molecule has 0 spiro atoms. The van der Waals surface area contributed by atoms with Gasteiger partial charge in [-0.25, -0.2) is 0 Å². The van der Waals surface area contributed by atoms with Gasteiger partial charge in [-0.15, -0.1) is 10.2 Å². The summed E-state index contributed by atoms with van der Waals surface area (Å²) < 4.78 is 0.901. The molecule has 5 nitrogen and oxygen atoms in total. The molecule has 0 saturated heterocycles. The molecule has 0 aromatic heterocycles. The van der Waals surface area contributed by atoms with Crippen molar-refractivity contribution < 1.29 is 9.59 Å². The van der Waals surface area contributed by atoms with E-state index in [0.717, 1.165) is 39.7 Å². The lowest BCUT2D eigenvalue weighted by Crippen LogP contribution is -2.41. The summed E-state index contributed by atoms with van der Waals surface area (Å²) in [5, 5.41) is 21.1. The largest absolute Gasteiger partial charge is 0.506 e. The summed E-state index contributed by atoms with van der Waals surface area (Å²) in [7, 11) is 8.62. The minimum absolute atomic E-state index is 0.133. The fourth-order valence-corrected chi connectivity index (χ4v) is 2.89. The highest BCUT2D eigenvalue weighted by Gasteiger charge is 2.12. The van der Waals surface area contributed by atoms with E-state index >= 15 is 0 Å². The molecule has 3 aromatic carbocycles. The van der Waals surface area contributed by atoms with Crippen LogP contribution in [0.25, 0.3) is 10.8 Å². The van der Waals surface area contributed by atoms with Crippen LogP contribution in [-0.4, -0.2) is 50.9 Å². The minimum atomic E-state index is 0.133. The van der Waals surface area contributed by atoms with Gasteiger partial charge in [0.1, 0.15) is 17.1 Å². The lowest BCUT2D eigenvalue weighted by Gasteiger charge is -2.28. The number of aromatic hydroxyl groups is 1. The predicted molar refractivity (Wildman–Crippen MR) is 112 cm³/mol. The molecule has 0 heterocycles. The van der Waals surface area contributed by atoms with Gasteiger partial charge < -0.3 is 14.5 Å². The van der Waals surface area contributed by atoms with Gasteiger partial charge in [0.05, 0.1) is 39.9 Å². The van der Waals surface area contributed by atoms with Gasteiger partial charge in [-0.2, -0.15) is 0 Å². The molecule has 3 rings (SSSR count). The number of azo groups is 1. The van der Waals surface area contributed by atoms with Gasteiger partial charge in [-0.3, -0.25) is 0 Å². The first-order valence-electron chi connectivity index (χ1n) is 9.08. The summed E-state index contributed by atoms with van der Waals surface area (Å²) in [4.78, 5) is 2.20. The molecule has 0 aliphatic carbocycles. The van der Waals surface area contributed by atoms with Crippen molar-refractivity contribution in [3.05, 3.63) is 60.7 Å². The maximum absolute atomic E-state index is 10.3. The minimum Gasteiger partial charge on any atom is -0.506 e. The Balaban J connectivity index is 1.92. The predicted octanol–water partition coefficient (Wildman–Crippen LogP) is 5.10. The fraction of sp³-hybridized carbons (Fsp3) is 0.273. The first-order valence-corrected chi connectivity index (χ1v) is 9.08. The third-order valence-corrected chi connectivity index (χ3v) is 4.54. The molecule has 1 N–H and O–H groups in total. The maximum atomic E-state index is 10.3. The Hall–Kier alpha value is -2.92. The monoisotopic (exact) mass is 363 g/mol. The number of fused-ring (bicyclic) bond motifs is 1. The van der Waals surface area contributed by atoms with E-state index in [4.69, 9.17) is 0 Å². The smallest absolute Gasteiger partial charge is 0.143 e. The highest BCUT2D eigenvalue weighted by molar-refractivity contribution is 5.95. The van der Waals surface area contributed by atoms with Crippen molar-refractivity contribution >= 4 is 27.8 Å². The Bertz CT molecular complexity index is 960. The summed E-state index contributed by atoms with van der Waals surface area (Å²) in [5.74, 6) is 0.133. The molecule has 0 amide bonds.